The van der Waals surface area contributed by atoms with E-state index in [4.69, 9.17) is 25.2 Å². The summed E-state index contributed by atoms with van der Waals surface area (Å²) < 4.78 is 16.9. The summed E-state index contributed by atoms with van der Waals surface area (Å²) in [7, 11) is 0. The number of amidine groups is 1. The fourth-order valence-corrected chi connectivity index (χ4v) is 4.07. The molecule has 9 heteroatoms. The van der Waals surface area contributed by atoms with Gasteiger partial charge < -0.3 is 30.5 Å². The number of carbonyl (C=O) groups excluding carboxylic acids is 2. The Kier molecular flexibility index (Phi) is 8.59. The molecular formula is C28H29N3O6. The molecule has 0 aromatic heterocycles. The molecule has 4 N–H and O–H groups in total. The Morgan fingerprint density at radius 1 is 0.919 bits per heavy atom. The first-order valence-corrected chi connectivity index (χ1v) is 12.0. The molecule has 0 unspecified atom stereocenters. The van der Waals surface area contributed by atoms with Gasteiger partial charge in [0.2, 0.25) is 0 Å². The SMILES string of the molecule is N/C(=N\O)c1ccc(Oc2ccccc2C(=O)OC2CCC(NC(=O)OCc3ccccc3)CC2)cc1. The number of alkyl carbamates (subject to hydrolysis) is 1. The number of ether oxygens (including phenoxy) is 3. The molecule has 9 nitrogen and oxygen atoms in total. The highest BCUT2D eigenvalue weighted by atomic mass is 16.6. The summed E-state index contributed by atoms with van der Waals surface area (Å²) in [5.74, 6) is 0.369. The Bertz CT molecular complexity index is 1220. The molecule has 0 atom stereocenters. The first-order chi connectivity index (χ1) is 18.0. The Labute approximate surface area is 214 Å². The summed E-state index contributed by atoms with van der Waals surface area (Å²) in [6, 6.07) is 22.9. The van der Waals surface area contributed by atoms with Gasteiger partial charge in [0, 0.05) is 11.6 Å². The van der Waals surface area contributed by atoms with E-state index in [2.05, 4.69) is 10.5 Å². The van der Waals surface area contributed by atoms with E-state index >= 15 is 0 Å². The number of hydrogen-bond donors (Lipinski definition) is 3. The smallest absolute Gasteiger partial charge is 0.407 e. The van der Waals surface area contributed by atoms with Gasteiger partial charge in [-0.05, 0) is 67.6 Å². The van der Waals surface area contributed by atoms with Crippen LogP contribution in [0.15, 0.2) is 84.0 Å². The number of para-hydroxylation sites is 1. The molecule has 1 fully saturated rings. The van der Waals surface area contributed by atoms with Crippen LogP contribution in [-0.4, -0.2) is 35.3 Å². The lowest BCUT2D eigenvalue weighted by Crippen LogP contribution is -2.39. The third-order valence-corrected chi connectivity index (χ3v) is 6.08. The van der Waals surface area contributed by atoms with Gasteiger partial charge in [-0.2, -0.15) is 0 Å². The van der Waals surface area contributed by atoms with Crippen LogP contribution >= 0.6 is 0 Å². The maximum atomic E-state index is 12.9. The van der Waals surface area contributed by atoms with Crippen molar-refractivity contribution in [1.29, 1.82) is 0 Å². The summed E-state index contributed by atoms with van der Waals surface area (Å²) in [6.07, 6.45) is 1.93. The lowest BCUT2D eigenvalue weighted by atomic mass is 9.93. The molecule has 1 saturated carbocycles. The number of benzene rings is 3. The van der Waals surface area contributed by atoms with E-state index in [1.807, 2.05) is 30.3 Å². The van der Waals surface area contributed by atoms with Crippen LogP contribution in [0.2, 0.25) is 0 Å². The summed E-state index contributed by atoms with van der Waals surface area (Å²) in [4.78, 5) is 25.1. The van der Waals surface area contributed by atoms with Crippen LogP contribution in [0.25, 0.3) is 0 Å². The van der Waals surface area contributed by atoms with Crippen molar-refractivity contribution in [3.05, 3.63) is 95.6 Å². The molecule has 0 aliphatic heterocycles. The van der Waals surface area contributed by atoms with Crippen molar-refractivity contribution < 1.29 is 29.0 Å². The molecule has 3 aromatic rings. The van der Waals surface area contributed by atoms with Crippen LogP contribution in [0.5, 0.6) is 11.5 Å². The average molecular weight is 504 g/mol. The molecule has 0 heterocycles. The second-order valence-electron chi connectivity index (χ2n) is 8.69. The highest BCUT2D eigenvalue weighted by Crippen LogP contribution is 2.28. The second kappa shape index (κ2) is 12.4. The third kappa shape index (κ3) is 7.23. The molecule has 0 bridgehead atoms. The molecule has 192 valence electrons. The van der Waals surface area contributed by atoms with Crippen LogP contribution in [0.4, 0.5) is 4.79 Å². The lowest BCUT2D eigenvalue weighted by molar-refractivity contribution is 0.0180. The van der Waals surface area contributed by atoms with Gasteiger partial charge in [0.25, 0.3) is 0 Å². The van der Waals surface area contributed by atoms with Gasteiger partial charge >= 0.3 is 12.1 Å². The van der Waals surface area contributed by atoms with Crippen LogP contribution < -0.4 is 15.8 Å². The highest BCUT2D eigenvalue weighted by Gasteiger charge is 2.26. The number of nitrogens with two attached hydrogens (primary N) is 1. The number of amides is 1. The fourth-order valence-electron chi connectivity index (χ4n) is 4.07. The monoisotopic (exact) mass is 503 g/mol. The summed E-state index contributed by atoms with van der Waals surface area (Å²) >= 11 is 0. The van der Waals surface area contributed by atoms with Crippen molar-refractivity contribution in [3.63, 3.8) is 0 Å². The average Bonchev–Trinajstić information content (AvgIpc) is 2.94. The van der Waals surface area contributed by atoms with E-state index in [1.165, 1.54) is 0 Å². The molecular weight excluding hydrogens is 474 g/mol. The number of rotatable bonds is 8. The van der Waals surface area contributed by atoms with Gasteiger partial charge in [0.05, 0.1) is 0 Å². The van der Waals surface area contributed by atoms with E-state index in [9.17, 15) is 9.59 Å². The number of carbonyl (C=O) groups is 2. The number of hydrogen-bond acceptors (Lipinski definition) is 7. The van der Waals surface area contributed by atoms with Crippen LogP contribution in [0.3, 0.4) is 0 Å². The Morgan fingerprint density at radius 3 is 2.30 bits per heavy atom. The van der Waals surface area contributed by atoms with E-state index in [-0.39, 0.29) is 24.6 Å². The zero-order valence-corrected chi connectivity index (χ0v) is 20.2. The van der Waals surface area contributed by atoms with Crippen LogP contribution in [0.1, 0.15) is 47.2 Å². The summed E-state index contributed by atoms with van der Waals surface area (Å²) in [5.41, 5.74) is 7.37. The Hall–Kier alpha value is -4.53. The summed E-state index contributed by atoms with van der Waals surface area (Å²) in [6.45, 7) is 0.218. The molecule has 1 aliphatic rings. The van der Waals surface area contributed by atoms with Crippen LogP contribution in [0, 0.1) is 0 Å². The van der Waals surface area contributed by atoms with Crippen molar-refractivity contribution in [2.45, 2.75) is 44.4 Å². The number of nitrogens with one attached hydrogen (secondary N) is 1. The van der Waals surface area contributed by atoms with Crippen molar-refractivity contribution in [3.8, 4) is 11.5 Å². The van der Waals surface area contributed by atoms with Crippen molar-refractivity contribution >= 4 is 17.9 Å². The minimum atomic E-state index is -0.470. The highest BCUT2D eigenvalue weighted by molar-refractivity contribution is 5.97. The van der Waals surface area contributed by atoms with E-state index in [0.29, 0.717) is 48.3 Å². The molecule has 37 heavy (non-hydrogen) atoms. The maximum absolute atomic E-state index is 12.9. The molecule has 4 rings (SSSR count). The van der Waals surface area contributed by atoms with Crippen molar-refractivity contribution in [1.82, 2.24) is 5.32 Å². The first kappa shape index (κ1) is 25.6. The van der Waals surface area contributed by atoms with E-state index < -0.39 is 12.1 Å². The Balaban J connectivity index is 1.26. The maximum Gasteiger partial charge on any atom is 0.407 e. The number of oxime groups is 1. The largest absolute Gasteiger partial charge is 0.459 e. The molecule has 0 saturated heterocycles. The molecule has 1 aliphatic carbocycles. The fraction of sp³-hybridized carbons (Fsp3) is 0.250. The minimum Gasteiger partial charge on any atom is -0.459 e. The van der Waals surface area contributed by atoms with E-state index in [0.717, 1.165) is 5.56 Å². The lowest BCUT2D eigenvalue weighted by Gasteiger charge is -2.28. The summed E-state index contributed by atoms with van der Waals surface area (Å²) in [5, 5.41) is 14.7. The molecule has 1 amide bonds. The van der Waals surface area contributed by atoms with Gasteiger partial charge in [0.1, 0.15) is 29.8 Å². The van der Waals surface area contributed by atoms with Crippen molar-refractivity contribution in [2.75, 3.05) is 0 Å². The predicted molar refractivity (Wildman–Crippen MR) is 137 cm³/mol. The van der Waals surface area contributed by atoms with E-state index in [1.54, 1.807) is 48.5 Å². The normalized spacial score (nSPS) is 17.5. The number of nitrogens with zero attached hydrogens (tertiary/aromatic N) is 1. The van der Waals surface area contributed by atoms with Crippen LogP contribution in [-0.2, 0) is 16.1 Å². The zero-order chi connectivity index (χ0) is 26.0. The van der Waals surface area contributed by atoms with Gasteiger partial charge in [-0.1, -0.05) is 47.6 Å². The quantitative estimate of drug-likeness (QED) is 0.130. The second-order valence-corrected chi connectivity index (χ2v) is 8.69. The molecule has 0 spiro atoms. The predicted octanol–water partition coefficient (Wildman–Crippen LogP) is 4.97. The number of esters is 1. The topological polar surface area (TPSA) is 132 Å². The molecule has 0 radical (unpaired) electrons. The van der Waals surface area contributed by atoms with Gasteiger partial charge in [-0.25, -0.2) is 9.59 Å². The molecule has 3 aromatic carbocycles. The van der Waals surface area contributed by atoms with Gasteiger partial charge in [-0.3, -0.25) is 0 Å². The first-order valence-electron chi connectivity index (χ1n) is 12.0. The standard InChI is InChI=1S/C28H29N3O6/c29-26(31-34)20-10-14-22(15-11-20)36-25-9-5-4-8-24(25)27(32)37-23-16-12-21(13-17-23)30-28(33)35-18-19-6-2-1-3-7-19/h1-11,14-15,21,23,34H,12-13,16-18H2,(H2,29,31)(H,30,33). The zero-order valence-electron chi connectivity index (χ0n) is 20.2. The van der Waals surface area contributed by atoms with Gasteiger partial charge in [0.15, 0.2) is 5.84 Å². The third-order valence-electron chi connectivity index (χ3n) is 6.08. The minimum absolute atomic E-state index is 0.00970. The van der Waals surface area contributed by atoms with Gasteiger partial charge in [-0.15, -0.1) is 0 Å². The van der Waals surface area contributed by atoms with Crippen molar-refractivity contribution in [2.24, 2.45) is 10.9 Å². The Morgan fingerprint density at radius 2 is 1.59 bits per heavy atom.